The van der Waals surface area contributed by atoms with E-state index in [1.54, 1.807) is 0 Å². The highest BCUT2D eigenvalue weighted by Gasteiger charge is 2.43. The van der Waals surface area contributed by atoms with E-state index in [9.17, 15) is 16.8 Å². The summed E-state index contributed by atoms with van der Waals surface area (Å²) in [5.74, 6) is 0. The Balaban J connectivity index is 3.11. The van der Waals surface area contributed by atoms with E-state index in [4.69, 9.17) is 9.29 Å². The van der Waals surface area contributed by atoms with Crippen LogP contribution in [0.4, 0.5) is 0 Å². The molecule has 18 heavy (non-hydrogen) atoms. The monoisotopic (exact) mass is 298 g/mol. The molecule has 0 unspecified atom stereocenters. The van der Waals surface area contributed by atoms with Gasteiger partial charge in [0.25, 0.3) is 10.1 Å². The van der Waals surface area contributed by atoms with Crippen LogP contribution in [0.25, 0.3) is 0 Å². The van der Waals surface area contributed by atoms with Crippen molar-refractivity contribution in [2.75, 3.05) is 12.9 Å². The Hall–Kier alpha value is -0.440. The van der Waals surface area contributed by atoms with Crippen LogP contribution in [0.15, 0.2) is 12.7 Å². The Kier molecular flexibility index (Phi) is 4.93. The van der Waals surface area contributed by atoms with Crippen molar-refractivity contribution in [3.63, 3.8) is 0 Å². The van der Waals surface area contributed by atoms with E-state index < -0.39 is 36.6 Å². The normalized spacial score (nSPS) is 27.7. The quantitative estimate of drug-likeness (QED) is 0.583. The van der Waals surface area contributed by atoms with Crippen LogP contribution in [0.5, 0.6) is 0 Å². The predicted molar refractivity (Wildman–Crippen MR) is 67.8 cm³/mol. The van der Waals surface area contributed by atoms with E-state index in [2.05, 4.69) is 6.58 Å². The van der Waals surface area contributed by atoms with Gasteiger partial charge in [-0.2, -0.15) is 8.42 Å². The third-order valence-electron chi connectivity index (χ3n) is 3.01. The zero-order chi connectivity index (χ0) is 14.0. The predicted octanol–water partition coefficient (Wildman–Crippen LogP) is 0.411. The fraction of sp³-hybridized carbons (Fsp3) is 0.800. The van der Waals surface area contributed by atoms with E-state index >= 15 is 0 Å². The highest BCUT2D eigenvalue weighted by molar-refractivity contribution is 7.91. The molecule has 0 bridgehead atoms. The topological polar surface area (TPSA) is 97.7 Å². The van der Waals surface area contributed by atoms with Crippen LogP contribution in [-0.4, -0.2) is 50.9 Å². The van der Waals surface area contributed by atoms with Gasteiger partial charge in [-0.1, -0.05) is 6.08 Å². The molecule has 0 aromatic rings. The molecule has 0 amide bonds. The van der Waals surface area contributed by atoms with Gasteiger partial charge in [0, 0.05) is 12.9 Å². The summed E-state index contributed by atoms with van der Waals surface area (Å²) in [6.07, 6.45) is 2.17. The first-order valence-corrected chi connectivity index (χ1v) is 9.01. The van der Waals surface area contributed by atoms with Gasteiger partial charge in [0.15, 0.2) is 9.84 Å². The Morgan fingerprint density at radius 1 is 1.44 bits per heavy atom. The molecule has 0 aromatic heterocycles. The number of rotatable bonds is 5. The average molecular weight is 298 g/mol. The van der Waals surface area contributed by atoms with Crippen molar-refractivity contribution in [2.45, 2.75) is 35.9 Å². The molecule has 1 saturated heterocycles. The van der Waals surface area contributed by atoms with E-state index in [1.165, 1.54) is 6.08 Å². The highest BCUT2D eigenvalue weighted by atomic mass is 32.2. The molecule has 3 atom stereocenters. The van der Waals surface area contributed by atoms with Crippen molar-refractivity contribution in [3.05, 3.63) is 12.7 Å². The summed E-state index contributed by atoms with van der Waals surface area (Å²) in [4.78, 5) is 0. The standard InChI is InChI=1S/C10H18O6S2/c1-3-5-8(17(2,11)12)10-9(18(13,14)15)6-4-7-16-10/h3,8-10H,1,4-7H2,2H3,(H,13,14,15)/t8-,9+,10+/m1/s1. The molecule has 0 saturated carbocycles. The smallest absolute Gasteiger partial charge is 0.270 e. The SMILES string of the molecule is C=CC[C@H]([C@@H]1OCCC[C@@H]1S(=O)(=O)O)S(C)(=O)=O. The maximum Gasteiger partial charge on any atom is 0.270 e. The Bertz CT molecular complexity index is 492. The van der Waals surface area contributed by atoms with Crippen LogP contribution in [-0.2, 0) is 24.7 Å². The summed E-state index contributed by atoms with van der Waals surface area (Å²) >= 11 is 0. The molecule has 1 aliphatic heterocycles. The first-order valence-electron chi connectivity index (χ1n) is 5.55. The lowest BCUT2D eigenvalue weighted by Gasteiger charge is -2.34. The largest absolute Gasteiger partial charge is 0.375 e. The maximum atomic E-state index is 11.7. The van der Waals surface area contributed by atoms with Crippen molar-refractivity contribution < 1.29 is 26.1 Å². The third-order valence-corrected chi connectivity index (χ3v) is 5.84. The van der Waals surface area contributed by atoms with Crippen LogP contribution in [0, 0.1) is 0 Å². The van der Waals surface area contributed by atoms with Gasteiger partial charge < -0.3 is 4.74 Å². The van der Waals surface area contributed by atoms with Crippen LogP contribution in [0.2, 0.25) is 0 Å². The molecule has 0 aromatic carbocycles. The average Bonchev–Trinajstić information content (AvgIpc) is 2.23. The molecule has 1 rings (SSSR count). The highest BCUT2D eigenvalue weighted by Crippen LogP contribution is 2.27. The minimum atomic E-state index is -4.32. The second-order valence-corrected chi connectivity index (χ2v) is 8.32. The molecule has 0 spiro atoms. The van der Waals surface area contributed by atoms with Gasteiger partial charge >= 0.3 is 0 Å². The second kappa shape index (κ2) is 5.68. The Labute approximate surface area is 108 Å². The minimum absolute atomic E-state index is 0.0928. The molecular formula is C10H18O6S2. The first-order chi connectivity index (χ1) is 8.18. The van der Waals surface area contributed by atoms with Gasteiger partial charge in [-0.3, -0.25) is 4.55 Å². The lowest BCUT2D eigenvalue weighted by atomic mass is 10.0. The summed E-state index contributed by atoms with van der Waals surface area (Å²) in [6.45, 7) is 3.76. The van der Waals surface area contributed by atoms with Crippen molar-refractivity contribution in [1.29, 1.82) is 0 Å². The molecule has 106 valence electrons. The van der Waals surface area contributed by atoms with Crippen molar-refractivity contribution in [2.24, 2.45) is 0 Å². The van der Waals surface area contributed by atoms with Crippen LogP contribution < -0.4 is 0 Å². The third kappa shape index (κ3) is 3.78. The van der Waals surface area contributed by atoms with E-state index in [0.717, 1.165) is 6.26 Å². The summed E-state index contributed by atoms with van der Waals surface area (Å²) in [5.41, 5.74) is 0. The van der Waals surface area contributed by atoms with E-state index in [1.807, 2.05) is 0 Å². The number of hydrogen-bond donors (Lipinski definition) is 1. The summed E-state index contributed by atoms with van der Waals surface area (Å²) < 4.78 is 60.4. The molecule has 0 aliphatic carbocycles. The van der Waals surface area contributed by atoms with Gasteiger partial charge in [0.05, 0.1) is 11.4 Å². The van der Waals surface area contributed by atoms with Crippen LogP contribution in [0.1, 0.15) is 19.3 Å². The van der Waals surface area contributed by atoms with Crippen LogP contribution >= 0.6 is 0 Å². The fourth-order valence-corrected chi connectivity index (χ4v) is 4.57. The van der Waals surface area contributed by atoms with Gasteiger partial charge in [0.1, 0.15) is 5.25 Å². The van der Waals surface area contributed by atoms with E-state index in [-0.39, 0.29) is 12.8 Å². The zero-order valence-electron chi connectivity index (χ0n) is 10.1. The molecule has 1 fully saturated rings. The first kappa shape index (κ1) is 15.6. The molecule has 0 radical (unpaired) electrons. The summed E-state index contributed by atoms with van der Waals surface area (Å²) in [7, 11) is -7.81. The molecule has 8 heteroatoms. The van der Waals surface area contributed by atoms with E-state index in [0.29, 0.717) is 13.0 Å². The maximum absolute atomic E-state index is 11.7. The lowest BCUT2D eigenvalue weighted by Crippen LogP contribution is -2.49. The van der Waals surface area contributed by atoms with Gasteiger partial charge in [-0.05, 0) is 19.3 Å². The van der Waals surface area contributed by atoms with Gasteiger partial charge in [-0.15, -0.1) is 6.58 Å². The van der Waals surface area contributed by atoms with Crippen molar-refractivity contribution in [1.82, 2.24) is 0 Å². The fourth-order valence-electron chi connectivity index (χ4n) is 2.16. The molecular weight excluding hydrogens is 280 g/mol. The van der Waals surface area contributed by atoms with Crippen LogP contribution in [0.3, 0.4) is 0 Å². The number of ether oxygens (including phenoxy) is 1. The van der Waals surface area contributed by atoms with Crippen molar-refractivity contribution >= 4 is 20.0 Å². The Morgan fingerprint density at radius 2 is 2.06 bits per heavy atom. The summed E-state index contributed by atoms with van der Waals surface area (Å²) in [5, 5.41) is -2.19. The number of allylic oxidation sites excluding steroid dienone is 1. The lowest BCUT2D eigenvalue weighted by molar-refractivity contribution is 0.0155. The molecule has 1 aliphatic rings. The van der Waals surface area contributed by atoms with Gasteiger partial charge in [-0.25, -0.2) is 8.42 Å². The molecule has 6 nitrogen and oxygen atoms in total. The zero-order valence-corrected chi connectivity index (χ0v) is 11.8. The van der Waals surface area contributed by atoms with Gasteiger partial charge in [0.2, 0.25) is 0 Å². The second-order valence-electron chi connectivity index (χ2n) is 4.42. The molecule has 1 heterocycles. The Morgan fingerprint density at radius 3 is 2.50 bits per heavy atom. The number of sulfone groups is 1. The number of hydrogen-bond acceptors (Lipinski definition) is 5. The van der Waals surface area contributed by atoms with Crippen molar-refractivity contribution in [3.8, 4) is 0 Å². The molecule has 1 N–H and O–H groups in total. The summed E-state index contributed by atoms with van der Waals surface area (Å²) in [6, 6.07) is 0. The minimum Gasteiger partial charge on any atom is -0.375 e.